The van der Waals surface area contributed by atoms with E-state index in [4.69, 9.17) is 14.7 Å². The Morgan fingerprint density at radius 3 is 2.42 bits per heavy atom. The van der Waals surface area contributed by atoms with E-state index in [1.165, 1.54) is 0 Å². The molecular weight excluding hydrogens is 306 g/mol. The second-order valence-electron chi connectivity index (χ2n) is 5.12. The molecule has 2 rings (SSSR count). The molecule has 0 aliphatic carbocycles. The molecule has 0 aromatic heterocycles. The first kappa shape index (κ1) is 17.2. The molecule has 2 aromatic rings. The van der Waals surface area contributed by atoms with Gasteiger partial charge in [-0.15, -0.1) is 0 Å². The van der Waals surface area contributed by atoms with Gasteiger partial charge in [-0.3, -0.25) is 0 Å². The minimum Gasteiger partial charge on any atom is -0.497 e. The molecule has 2 N–H and O–H groups in total. The van der Waals surface area contributed by atoms with E-state index >= 15 is 0 Å². The van der Waals surface area contributed by atoms with E-state index in [0.29, 0.717) is 22.7 Å². The summed E-state index contributed by atoms with van der Waals surface area (Å²) in [7, 11) is 3.16. The molecule has 0 aliphatic rings. The zero-order valence-corrected chi connectivity index (χ0v) is 13.8. The SMILES string of the molecule is COc1ccc(OC)c(C(C)NC(=O)Nc2ccc(C#N)cc2)c1. The van der Waals surface area contributed by atoms with Gasteiger partial charge >= 0.3 is 6.03 Å². The standard InChI is InChI=1S/C18H19N3O3/c1-12(16-10-15(23-2)8-9-17(16)24-3)20-18(22)21-14-6-4-13(11-19)5-7-14/h4-10,12H,1-3H3,(H2,20,21,22). The van der Waals surface area contributed by atoms with E-state index in [-0.39, 0.29) is 12.1 Å². The predicted octanol–water partition coefficient (Wildman–Crippen LogP) is 3.46. The van der Waals surface area contributed by atoms with E-state index < -0.39 is 0 Å². The first-order valence-electron chi connectivity index (χ1n) is 7.37. The van der Waals surface area contributed by atoms with Crippen molar-refractivity contribution in [3.8, 4) is 17.6 Å². The molecule has 24 heavy (non-hydrogen) atoms. The lowest BCUT2D eigenvalue weighted by Gasteiger charge is -2.18. The van der Waals surface area contributed by atoms with Crippen LogP contribution in [0.3, 0.4) is 0 Å². The topological polar surface area (TPSA) is 83.4 Å². The maximum absolute atomic E-state index is 12.1. The van der Waals surface area contributed by atoms with Gasteiger partial charge in [0.2, 0.25) is 0 Å². The molecule has 1 unspecified atom stereocenters. The number of hydrogen-bond acceptors (Lipinski definition) is 4. The molecule has 6 heteroatoms. The predicted molar refractivity (Wildman–Crippen MR) is 91.3 cm³/mol. The highest BCUT2D eigenvalue weighted by Gasteiger charge is 2.15. The molecule has 6 nitrogen and oxygen atoms in total. The third-order valence-electron chi connectivity index (χ3n) is 3.52. The van der Waals surface area contributed by atoms with E-state index in [0.717, 1.165) is 5.56 Å². The third-order valence-corrected chi connectivity index (χ3v) is 3.52. The zero-order chi connectivity index (χ0) is 17.5. The Bertz CT molecular complexity index is 751. The first-order chi connectivity index (χ1) is 11.6. The van der Waals surface area contributed by atoms with Gasteiger partial charge in [-0.05, 0) is 49.4 Å². The summed E-state index contributed by atoms with van der Waals surface area (Å²) in [5, 5.41) is 14.4. The number of benzene rings is 2. The average Bonchev–Trinajstić information content (AvgIpc) is 2.61. The van der Waals surface area contributed by atoms with Gasteiger partial charge in [-0.2, -0.15) is 5.26 Å². The van der Waals surface area contributed by atoms with Crippen LogP contribution in [0.2, 0.25) is 0 Å². The Kier molecular flexibility index (Phi) is 5.63. The van der Waals surface area contributed by atoms with Crippen LogP contribution in [-0.2, 0) is 0 Å². The van der Waals surface area contributed by atoms with Gasteiger partial charge in [0, 0.05) is 11.3 Å². The second-order valence-corrected chi connectivity index (χ2v) is 5.12. The van der Waals surface area contributed by atoms with Gasteiger partial charge in [-0.25, -0.2) is 4.79 Å². The Hall–Kier alpha value is -3.20. The molecule has 1 atom stereocenters. The molecule has 0 heterocycles. The van der Waals surface area contributed by atoms with E-state index in [2.05, 4.69) is 10.6 Å². The van der Waals surface area contributed by atoms with Crippen molar-refractivity contribution in [3.63, 3.8) is 0 Å². The molecule has 124 valence electrons. The number of rotatable bonds is 5. The van der Waals surface area contributed by atoms with Gasteiger partial charge in [-0.1, -0.05) is 0 Å². The first-order valence-corrected chi connectivity index (χ1v) is 7.37. The van der Waals surface area contributed by atoms with Crippen LogP contribution in [0.15, 0.2) is 42.5 Å². The fourth-order valence-electron chi connectivity index (χ4n) is 2.25. The van der Waals surface area contributed by atoms with Crippen molar-refractivity contribution in [2.75, 3.05) is 19.5 Å². The Labute approximate surface area is 141 Å². The normalized spacial score (nSPS) is 11.1. The number of nitrogens with one attached hydrogen (secondary N) is 2. The number of anilines is 1. The maximum Gasteiger partial charge on any atom is 0.319 e. The lowest BCUT2D eigenvalue weighted by Crippen LogP contribution is -2.31. The van der Waals surface area contributed by atoms with Gasteiger partial charge in [0.05, 0.1) is 31.9 Å². The van der Waals surface area contributed by atoms with Crippen molar-refractivity contribution >= 4 is 11.7 Å². The van der Waals surface area contributed by atoms with Crippen LogP contribution in [0, 0.1) is 11.3 Å². The lowest BCUT2D eigenvalue weighted by molar-refractivity contribution is 0.249. The Morgan fingerprint density at radius 1 is 1.12 bits per heavy atom. The van der Waals surface area contributed by atoms with Crippen molar-refractivity contribution in [1.82, 2.24) is 5.32 Å². The van der Waals surface area contributed by atoms with Crippen molar-refractivity contribution in [2.24, 2.45) is 0 Å². The molecule has 2 aromatic carbocycles. The summed E-state index contributed by atoms with van der Waals surface area (Å²) in [6, 6.07) is 13.5. The Morgan fingerprint density at radius 2 is 1.83 bits per heavy atom. The zero-order valence-electron chi connectivity index (χ0n) is 13.8. The highest BCUT2D eigenvalue weighted by Crippen LogP contribution is 2.29. The van der Waals surface area contributed by atoms with E-state index in [1.807, 2.05) is 19.1 Å². The van der Waals surface area contributed by atoms with Crippen molar-refractivity contribution in [2.45, 2.75) is 13.0 Å². The van der Waals surface area contributed by atoms with Crippen molar-refractivity contribution in [3.05, 3.63) is 53.6 Å². The van der Waals surface area contributed by atoms with Crippen LogP contribution in [0.1, 0.15) is 24.1 Å². The fraction of sp³-hybridized carbons (Fsp3) is 0.222. The molecular formula is C18H19N3O3. The van der Waals surface area contributed by atoms with Gasteiger partial charge in [0.25, 0.3) is 0 Å². The second kappa shape index (κ2) is 7.88. The van der Waals surface area contributed by atoms with Gasteiger partial charge in [0.1, 0.15) is 11.5 Å². The summed E-state index contributed by atoms with van der Waals surface area (Å²) in [6.45, 7) is 1.86. The van der Waals surface area contributed by atoms with Crippen LogP contribution in [0.5, 0.6) is 11.5 Å². The quantitative estimate of drug-likeness (QED) is 0.882. The molecule has 2 amide bonds. The summed E-state index contributed by atoms with van der Waals surface area (Å²) in [5.41, 5.74) is 1.96. The molecule has 0 radical (unpaired) electrons. The fourth-order valence-corrected chi connectivity index (χ4v) is 2.25. The van der Waals surface area contributed by atoms with Crippen molar-refractivity contribution in [1.29, 1.82) is 5.26 Å². The van der Waals surface area contributed by atoms with Gasteiger partial charge in [0.15, 0.2) is 0 Å². The molecule has 0 saturated heterocycles. The summed E-state index contributed by atoms with van der Waals surface area (Å²) < 4.78 is 10.6. The van der Waals surface area contributed by atoms with Crippen LogP contribution < -0.4 is 20.1 Å². The number of hydrogen-bond donors (Lipinski definition) is 2. The smallest absolute Gasteiger partial charge is 0.319 e. The number of nitrogens with zero attached hydrogens (tertiary/aromatic N) is 1. The molecule has 0 saturated carbocycles. The number of nitriles is 1. The monoisotopic (exact) mass is 325 g/mol. The van der Waals surface area contributed by atoms with Crippen LogP contribution >= 0.6 is 0 Å². The summed E-state index contributed by atoms with van der Waals surface area (Å²) in [5.74, 6) is 1.36. The van der Waals surface area contributed by atoms with Crippen LogP contribution in [0.4, 0.5) is 10.5 Å². The summed E-state index contributed by atoms with van der Waals surface area (Å²) in [6.07, 6.45) is 0. The maximum atomic E-state index is 12.1. The highest BCUT2D eigenvalue weighted by molar-refractivity contribution is 5.89. The number of carbonyl (C=O) groups excluding carboxylic acids is 1. The molecule has 0 fully saturated rings. The van der Waals surface area contributed by atoms with Gasteiger partial charge < -0.3 is 20.1 Å². The van der Waals surface area contributed by atoms with Crippen LogP contribution in [0.25, 0.3) is 0 Å². The van der Waals surface area contributed by atoms with E-state index in [1.54, 1.807) is 50.6 Å². The van der Waals surface area contributed by atoms with Crippen LogP contribution in [-0.4, -0.2) is 20.3 Å². The Balaban J connectivity index is 2.06. The number of urea groups is 1. The lowest BCUT2D eigenvalue weighted by atomic mass is 10.1. The molecule has 0 aliphatic heterocycles. The number of ether oxygens (including phenoxy) is 2. The largest absolute Gasteiger partial charge is 0.497 e. The number of amides is 2. The summed E-state index contributed by atoms with van der Waals surface area (Å²) in [4.78, 5) is 12.1. The third kappa shape index (κ3) is 4.17. The average molecular weight is 325 g/mol. The highest BCUT2D eigenvalue weighted by atomic mass is 16.5. The minimum absolute atomic E-state index is 0.284. The van der Waals surface area contributed by atoms with E-state index in [9.17, 15) is 4.79 Å². The molecule has 0 spiro atoms. The number of methoxy groups -OCH3 is 2. The van der Waals surface area contributed by atoms with Crippen molar-refractivity contribution < 1.29 is 14.3 Å². The number of carbonyl (C=O) groups is 1. The summed E-state index contributed by atoms with van der Waals surface area (Å²) >= 11 is 0. The molecule has 0 bridgehead atoms. The minimum atomic E-state index is -0.350.